The molecule has 3 fully saturated rings. The Kier molecular flexibility index (Phi) is 15.0. The summed E-state index contributed by atoms with van der Waals surface area (Å²) in [6.45, 7) is 5.53. The molecule has 16 heteroatoms. The minimum Gasteiger partial charge on any atom is -0.499 e. The zero-order chi connectivity index (χ0) is 38.2. The third-order valence-corrected chi connectivity index (χ3v) is 10.5. The quantitative estimate of drug-likeness (QED) is 0.266. The second-order valence-corrected chi connectivity index (χ2v) is 14.8. The van der Waals surface area contributed by atoms with Crippen LogP contribution in [-0.2, 0) is 44.6 Å². The molecule has 1 aromatic heterocycles. The molecule has 4 aliphatic rings. The fourth-order valence-electron chi connectivity index (χ4n) is 7.53. The highest BCUT2D eigenvalue weighted by Gasteiger charge is 2.45. The molecule has 0 saturated carbocycles. The summed E-state index contributed by atoms with van der Waals surface area (Å²) in [7, 11) is 5.69. The molecular weight excluding hydrogens is 692 g/mol. The van der Waals surface area contributed by atoms with Gasteiger partial charge in [0.2, 0.25) is 0 Å². The van der Waals surface area contributed by atoms with Crippen molar-refractivity contribution in [1.29, 1.82) is 0 Å². The van der Waals surface area contributed by atoms with Crippen LogP contribution in [0.3, 0.4) is 0 Å². The molecule has 0 aliphatic carbocycles. The van der Waals surface area contributed by atoms with Crippen LogP contribution >= 0.6 is 0 Å². The smallest absolute Gasteiger partial charge is 0.310 e. The first-order valence-electron chi connectivity index (χ1n) is 18.6. The maximum absolute atomic E-state index is 12.7. The molecule has 0 spiro atoms. The number of fused-ring (bicyclic) bond motifs is 1. The van der Waals surface area contributed by atoms with E-state index in [1.54, 1.807) is 13.2 Å². The number of cyclic esters (lactones) is 1. The van der Waals surface area contributed by atoms with Crippen LogP contribution < -0.4 is 0 Å². The molecule has 16 nitrogen and oxygen atoms in total. The number of methoxy groups -OCH3 is 1. The largest absolute Gasteiger partial charge is 0.499 e. The van der Waals surface area contributed by atoms with E-state index in [2.05, 4.69) is 49.2 Å². The average Bonchev–Trinajstić information content (AvgIpc) is 3.76. The van der Waals surface area contributed by atoms with Crippen LogP contribution in [0.25, 0.3) is 0 Å². The van der Waals surface area contributed by atoms with Gasteiger partial charge in [-0.25, -0.2) is 4.68 Å². The van der Waals surface area contributed by atoms with Crippen molar-refractivity contribution in [3.05, 3.63) is 48.0 Å². The van der Waals surface area contributed by atoms with Crippen LogP contribution in [0.15, 0.2) is 42.3 Å². The fourth-order valence-corrected chi connectivity index (χ4v) is 7.53. The van der Waals surface area contributed by atoms with Crippen molar-refractivity contribution in [3.8, 4) is 0 Å². The third-order valence-electron chi connectivity index (χ3n) is 10.5. The van der Waals surface area contributed by atoms with E-state index in [1.165, 1.54) is 10.9 Å². The molecule has 14 atom stereocenters. The molecule has 0 radical (unpaired) electrons. The number of rotatable bonds is 9. The van der Waals surface area contributed by atoms with Gasteiger partial charge in [0.05, 0.1) is 45.1 Å². The Hall–Kier alpha value is -2.77. The van der Waals surface area contributed by atoms with Gasteiger partial charge in [-0.15, -0.1) is 5.10 Å². The maximum Gasteiger partial charge on any atom is 0.310 e. The first-order chi connectivity index (χ1) is 25.4. The Labute approximate surface area is 311 Å². The first kappa shape index (κ1) is 41.4. The van der Waals surface area contributed by atoms with Gasteiger partial charge in [-0.1, -0.05) is 36.4 Å². The number of allylic oxidation sites excluding steroid dienone is 2. The molecule has 0 aromatic carbocycles. The predicted molar refractivity (Wildman–Crippen MR) is 188 cm³/mol. The van der Waals surface area contributed by atoms with Gasteiger partial charge in [-0.3, -0.25) is 4.79 Å². The molecule has 298 valence electrons. The molecular formula is C37H58N4O12. The van der Waals surface area contributed by atoms with Crippen LogP contribution in [0.1, 0.15) is 71.2 Å². The van der Waals surface area contributed by atoms with Crippen LogP contribution in [0.4, 0.5) is 0 Å². The standard InChI is InChI=1S/C37H58N4O12/c1-21-16-24-17-32(48-20-25-18-41(39-38-25)37-35(46)34(45)33(44)29(19-42)52-37)53-36(24)28(47-6)13-14-30(43)49-22(2)10-8-7-9-11-27(21)51-31-15-12-26(40(4)5)23(3)50-31/h7-9,11,13,18,21-24,26-27,29,31-37,42,44-46H,10,12,14-17,19-20H2,1-6H3/b8-7+,11-9+,28-13-/t21-,22-,23-,24-,26+,27+,29+,31+,32-,33-,34-,35+,36-,37+/m1/s1. The molecule has 4 N–H and O–H groups in total. The molecule has 4 aliphatic heterocycles. The van der Waals surface area contributed by atoms with Gasteiger partial charge >= 0.3 is 5.97 Å². The summed E-state index contributed by atoms with van der Waals surface area (Å²) < 4.78 is 43.9. The predicted octanol–water partition coefficient (Wildman–Crippen LogP) is 1.73. The number of hydrogen-bond donors (Lipinski definition) is 4. The Morgan fingerprint density at radius 2 is 1.79 bits per heavy atom. The number of aromatic nitrogens is 3. The SMILES string of the molecule is CO/C1=C\CC(=O)O[C@H](C)C/C=C/C=C/[C@H](O[C@H]2CC[C@H](N(C)C)[C@@H](C)O2)[C@H](C)C[C@@H]2C[C@H](OCc3cn([C@H]4O[C@@H](CO)[C@@H](O)[C@@H](O)[C@@H]4O)nn3)O[C@@H]12. The average molecular weight is 751 g/mol. The second kappa shape index (κ2) is 19.2. The molecule has 5 rings (SSSR count). The highest BCUT2D eigenvalue weighted by molar-refractivity contribution is 5.71. The van der Waals surface area contributed by atoms with Crippen LogP contribution in [0.2, 0.25) is 0 Å². The van der Waals surface area contributed by atoms with Gasteiger partial charge in [0.1, 0.15) is 48.1 Å². The Morgan fingerprint density at radius 1 is 1.00 bits per heavy atom. The summed E-state index contributed by atoms with van der Waals surface area (Å²) in [5.41, 5.74) is 0.397. The van der Waals surface area contributed by atoms with Crippen molar-refractivity contribution >= 4 is 5.97 Å². The number of hydrogen-bond acceptors (Lipinski definition) is 15. The van der Waals surface area contributed by atoms with Crippen molar-refractivity contribution in [2.45, 2.75) is 140 Å². The lowest BCUT2D eigenvalue weighted by Crippen LogP contribution is -2.56. The van der Waals surface area contributed by atoms with E-state index in [0.717, 1.165) is 12.8 Å². The van der Waals surface area contributed by atoms with Crippen molar-refractivity contribution in [2.24, 2.45) is 11.8 Å². The summed E-state index contributed by atoms with van der Waals surface area (Å²) in [5, 5.41) is 48.6. The van der Waals surface area contributed by atoms with E-state index in [-0.39, 0.29) is 55.4 Å². The Balaban J connectivity index is 1.30. The number of aliphatic hydroxyl groups is 4. The maximum atomic E-state index is 12.7. The van der Waals surface area contributed by atoms with Gasteiger partial charge in [-0.05, 0) is 65.1 Å². The summed E-state index contributed by atoms with van der Waals surface area (Å²) >= 11 is 0. The number of carbonyl (C=O) groups excluding carboxylic acids is 1. The molecule has 5 heterocycles. The van der Waals surface area contributed by atoms with Gasteiger partial charge in [-0.2, -0.15) is 0 Å². The molecule has 53 heavy (non-hydrogen) atoms. The second-order valence-electron chi connectivity index (χ2n) is 14.8. The monoisotopic (exact) mass is 750 g/mol. The third kappa shape index (κ3) is 10.7. The number of carbonyl (C=O) groups is 1. The fraction of sp³-hybridized carbons (Fsp3) is 0.757. The molecule has 0 amide bonds. The van der Waals surface area contributed by atoms with Crippen LogP contribution in [0.5, 0.6) is 0 Å². The molecule has 3 saturated heterocycles. The van der Waals surface area contributed by atoms with Gasteiger partial charge in [0.15, 0.2) is 18.8 Å². The lowest BCUT2D eigenvalue weighted by Gasteiger charge is -2.39. The molecule has 1 aromatic rings. The highest BCUT2D eigenvalue weighted by Crippen LogP contribution is 2.39. The number of likely N-dealkylation sites (N-methyl/N-ethyl adjacent to an activating group) is 1. The lowest BCUT2D eigenvalue weighted by molar-refractivity contribution is -0.254. The van der Waals surface area contributed by atoms with E-state index < -0.39 is 49.6 Å². The van der Waals surface area contributed by atoms with E-state index in [1.807, 2.05) is 25.2 Å². The zero-order valence-electron chi connectivity index (χ0n) is 31.5. The number of aliphatic hydroxyl groups excluding tert-OH is 4. The molecule has 0 unspecified atom stereocenters. The van der Waals surface area contributed by atoms with Crippen LogP contribution in [0, 0.1) is 11.8 Å². The summed E-state index contributed by atoms with van der Waals surface area (Å²) in [5.74, 6) is 0.0973. The van der Waals surface area contributed by atoms with Crippen molar-refractivity contribution < 1.29 is 58.4 Å². The minimum absolute atomic E-state index is 0.000713. The van der Waals surface area contributed by atoms with E-state index in [9.17, 15) is 25.2 Å². The van der Waals surface area contributed by atoms with Gasteiger partial charge in [0, 0.05) is 18.9 Å². The summed E-state index contributed by atoms with van der Waals surface area (Å²) in [6, 6.07) is 0.323. The van der Waals surface area contributed by atoms with Crippen molar-refractivity contribution in [3.63, 3.8) is 0 Å². The minimum atomic E-state index is -1.55. The van der Waals surface area contributed by atoms with Gasteiger partial charge < -0.3 is 58.5 Å². The topological polar surface area (TPSA) is 197 Å². The number of ether oxygens (including phenoxy) is 7. The molecule has 0 bridgehead atoms. The normalized spacial score (nSPS) is 41.3. The number of esters is 1. The lowest BCUT2D eigenvalue weighted by atomic mass is 9.86. The Bertz CT molecular complexity index is 1400. The summed E-state index contributed by atoms with van der Waals surface area (Å²) in [6.07, 6.45) is 5.80. The van der Waals surface area contributed by atoms with E-state index in [4.69, 9.17) is 33.2 Å². The van der Waals surface area contributed by atoms with E-state index in [0.29, 0.717) is 36.8 Å². The first-order valence-corrected chi connectivity index (χ1v) is 18.6. The summed E-state index contributed by atoms with van der Waals surface area (Å²) in [4.78, 5) is 14.9. The van der Waals surface area contributed by atoms with E-state index >= 15 is 0 Å². The van der Waals surface area contributed by atoms with Gasteiger partial charge in [0.25, 0.3) is 0 Å². The van der Waals surface area contributed by atoms with Crippen LogP contribution in [-0.4, -0.2) is 142 Å². The zero-order valence-corrected chi connectivity index (χ0v) is 31.5. The Morgan fingerprint density at radius 3 is 2.51 bits per heavy atom. The van der Waals surface area contributed by atoms with Crippen molar-refractivity contribution in [1.82, 2.24) is 19.9 Å². The highest BCUT2D eigenvalue weighted by atomic mass is 16.7. The number of nitrogens with zero attached hydrogens (tertiary/aromatic N) is 4. The van der Waals surface area contributed by atoms with Crippen molar-refractivity contribution in [2.75, 3.05) is 27.8 Å².